The lowest BCUT2D eigenvalue weighted by molar-refractivity contribution is 0.0864. The number of furan rings is 1. The zero-order chi connectivity index (χ0) is 19.2. The van der Waals surface area contributed by atoms with Crippen molar-refractivity contribution in [3.8, 4) is 11.3 Å². The van der Waals surface area contributed by atoms with Crippen LogP contribution in [0.5, 0.6) is 0 Å². The Morgan fingerprint density at radius 3 is 2.56 bits per heavy atom. The van der Waals surface area contributed by atoms with Gasteiger partial charge in [0.15, 0.2) is 0 Å². The van der Waals surface area contributed by atoms with Crippen LogP contribution in [0.1, 0.15) is 17.4 Å². The summed E-state index contributed by atoms with van der Waals surface area (Å²) in [5, 5.41) is 11.4. The van der Waals surface area contributed by atoms with Gasteiger partial charge in [-0.05, 0) is 30.3 Å². The molecule has 0 spiro atoms. The van der Waals surface area contributed by atoms with Crippen LogP contribution in [0, 0.1) is 0 Å². The lowest BCUT2D eigenvalue weighted by Crippen LogP contribution is -2.46. The number of hydrogen-bond donors (Lipinski definition) is 1. The minimum atomic E-state index is -3.66. The van der Waals surface area contributed by atoms with Crippen LogP contribution in [0.15, 0.2) is 70.0 Å². The highest BCUT2D eigenvalue weighted by atomic mass is 35.5. The fourth-order valence-electron chi connectivity index (χ4n) is 3.44. The Kier molecular flexibility index (Phi) is 4.60. The molecule has 27 heavy (non-hydrogen) atoms. The first-order valence-electron chi connectivity index (χ1n) is 8.48. The zero-order valence-electron chi connectivity index (χ0n) is 14.5. The third-order valence-corrected chi connectivity index (χ3v) is 7.22. The van der Waals surface area contributed by atoms with E-state index >= 15 is 0 Å². The maximum atomic E-state index is 12.8. The molecular formula is C20H18ClNO4S. The molecule has 0 unspecified atom stereocenters. The third-order valence-electron chi connectivity index (χ3n) is 4.94. The van der Waals surface area contributed by atoms with Crippen LogP contribution < -0.4 is 0 Å². The van der Waals surface area contributed by atoms with Gasteiger partial charge in [-0.15, -0.1) is 0 Å². The molecule has 0 fully saturated rings. The Labute approximate surface area is 162 Å². The van der Waals surface area contributed by atoms with Gasteiger partial charge in [-0.1, -0.05) is 41.9 Å². The fraction of sp³-hybridized carbons (Fsp3) is 0.200. The largest absolute Gasteiger partial charge is 0.461 e. The summed E-state index contributed by atoms with van der Waals surface area (Å²) < 4.78 is 32.7. The number of benzene rings is 2. The van der Waals surface area contributed by atoms with Gasteiger partial charge in [0.1, 0.15) is 11.5 Å². The molecule has 7 heteroatoms. The van der Waals surface area contributed by atoms with E-state index in [0.29, 0.717) is 22.1 Å². The van der Waals surface area contributed by atoms with E-state index in [-0.39, 0.29) is 11.3 Å². The molecule has 4 rings (SSSR count). The fourth-order valence-corrected chi connectivity index (χ4v) is 5.26. The molecule has 3 aromatic rings. The zero-order valence-corrected chi connectivity index (χ0v) is 16.1. The first-order valence-corrected chi connectivity index (χ1v) is 10.3. The summed E-state index contributed by atoms with van der Waals surface area (Å²) >= 11 is 6.21. The Morgan fingerprint density at radius 1 is 1.07 bits per heavy atom. The number of aliphatic hydroxyl groups is 1. The number of rotatable bonds is 3. The summed E-state index contributed by atoms with van der Waals surface area (Å²) in [4.78, 5) is 0.146. The summed E-state index contributed by atoms with van der Waals surface area (Å²) in [5.41, 5.74) is 1.18. The molecule has 0 saturated carbocycles. The summed E-state index contributed by atoms with van der Waals surface area (Å²) in [6.45, 7) is 0. The molecule has 0 amide bonds. The van der Waals surface area contributed by atoms with Crippen molar-refractivity contribution in [3.05, 3.63) is 77.0 Å². The number of sulfonamides is 1. The highest BCUT2D eigenvalue weighted by Gasteiger charge is 2.41. The summed E-state index contributed by atoms with van der Waals surface area (Å²) in [7, 11) is -2.18. The second-order valence-corrected chi connectivity index (χ2v) is 8.89. The number of halogens is 1. The van der Waals surface area contributed by atoms with Crippen molar-refractivity contribution in [1.82, 2.24) is 4.31 Å². The molecule has 0 radical (unpaired) electrons. The van der Waals surface area contributed by atoms with Gasteiger partial charge in [-0.2, -0.15) is 4.31 Å². The predicted octanol–water partition coefficient (Wildman–Crippen LogP) is 3.88. The van der Waals surface area contributed by atoms with Crippen LogP contribution in [0.3, 0.4) is 0 Å². The molecule has 1 aliphatic rings. The van der Waals surface area contributed by atoms with Crippen LogP contribution in [-0.4, -0.2) is 30.9 Å². The SMILES string of the molecule is CN1[C@@H](Cc2ccc(-c3ccccc3Cl)o2)[C@@H](O)c2ccccc2S1(=O)=O. The highest BCUT2D eigenvalue weighted by molar-refractivity contribution is 7.89. The Hall–Kier alpha value is -2.12. The van der Waals surface area contributed by atoms with Gasteiger partial charge >= 0.3 is 0 Å². The van der Waals surface area contributed by atoms with Crippen molar-refractivity contribution in [2.24, 2.45) is 0 Å². The van der Waals surface area contributed by atoms with Gasteiger partial charge < -0.3 is 9.52 Å². The number of nitrogens with zero attached hydrogens (tertiary/aromatic N) is 1. The monoisotopic (exact) mass is 403 g/mol. The van der Waals surface area contributed by atoms with Crippen molar-refractivity contribution in [3.63, 3.8) is 0 Å². The van der Waals surface area contributed by atoms with Crippen LogP contribution in [-0.2, 0) is 16.4 Å². The molecule has 2 heterocycles. The number of aliphatic hydroxyl groups excluding tert-OH is 1. The van der Waals surface area contributed by atoms with Gasteiger partial charge in [-0.3, -0.25) is 0 Å². The second-order valence-electron chi connectivity index (χ2n) is 6.52. The first kappa shape index (κ1) is 18.3. The van der Waals surface area contributed by atoms with E-state index in [1.807, 2.05) is 18.2 Å². The summed E-state index contributed by atoms with van der Waals surface area (Å²) in [6, 6.07) is 16.8. The maximum absolute atomic E-state index is 12.8. The molecule has 5 nitrogen and oxygen atoms in total. The van der Waals surface area contributed by atoms with Crippen molar-refractivity contribution < 1.29 is 17.9 Å². The normalized spacial score (nSPS) is 21.7. The Bertz CT molecular complexity index is 1090. The average Bonchev–Trinajstić information content (AvgIpc) is 3.13. The number of hydrogen-bond acceptors (Lipinski definition) is 4. The molecule has 140 valence electrons. The lowest BCUT2D eigenvalue weighted by Gasteiger charge is -2.36. The molecule has 1 aliphatic heterocycles. The smallest absolute Gasteiger partial charge is 0.243 e. The third kappa shape index (κ3) is 3.08. The highest BCUT2D eigenvalue weighted by Crippen LogP contribution is 2.37. The maximum Gasteiger partial charge on any atom is 0.243 e. The van der Waals surface area contributed by atoms with Crippen LogP contribution >= 0.6 is 11.6 Å². The van der Waals surface area contributed by atoms with E-state index in [1.165, 1.54) is 17.4 Å². The molecule has 1 N–H and O–H groups in total. The van der Waals surface area contributed by atoms with Gasteiger partial charge in [0, 0.05) is 24.6 Å². The van der Waals surface area contributed by atoms with Crippen molar-refractivity contribution in [2.45, 2.75) is 23.5 Å². The summed E-state index contributed by atoms with van der Waals surface area (Å²) in [6.07, 6.45) is -0.695. The van der Waals surface area contributed by atoms with Crippen molar-refractivity contribution in [2.75, 3.05) is 7.05 Å². The molecule has 1 aromatic heterocycles. The molecule has 0 aliphatic carbocycles. The first-order chi connectivity index (χ1) is 12.9. The van der Waals surface area contributed by atoms with E-state index in [4.69, 9.17) is 16.0 Å². The topological polar surface area (TPSA) is 70.8 Å². The minimum absolute atomic E-state index is 0.146. The van der Waals surface area contributed by atoms with E-state index in [1.54, 1.807) is 36.4 Å². The molecule has 0 bridgehead atoms. The Morgan fingerprint density at radius 2 is 1.78 bits per heavy atom. The van der Waals surface area contributed by atoms with Crippen LogP contribution in [0.25, 0.3) is 11.3 Å². The van der Waals surface area contributed by atoms with Crippen molar-refractivity contribution >= 4 is 21.6 Å². The molecule has 0 saturated heterocycles. The van der Waals surface area contributed by atoms with Gasteiger partial charge in [0.25, 0.3) is 0 Å². The van der Waals surface area contributed by atoms with Crippen LogP contribution in [0.2, 0.25) is 5.02 Å². The molecule has 2 atom stereocenters. The molecular weight excluding hydrogens is 386 g/mol. The Balaban J connectivity index is 1.67. The van der Waals surface area contributed by atoms with Gasteiger partial charge in [0.2, 0.25) is 10.0 Å². The van der Waals surface area contributed by atoms with E-state index in [0.717, 1.165) is 5.56 Å². The van der Waals surface area contributed by atoms with E-state index < -0.39 is 22.2 Å². The van der Waals surface area contributed by atoms with Gasteiger partial charge in [0.05, 0.1) is 22.1 Å². The number of fused-ring (bicyclic) bond motifs is 1. The van der Waals surface area contributed by atoms with Crippen LogP contribution in [0.4, 0.5) is 0 Å². The van der Waals surface area contributed by atoms with E-state index in [9.17, 15) is 13.5 Å². The van der Waals surface area contributed by atoms with Crippen molar-refractivity contribution in [1.29, 1.82) is 0 Å². The minimum Gasteiger partial charge on any atom is -0.461 e. The predicted molar refractivity (Wildman–Crippen MR) is 103 cm³/mol. The quantitative estimate of drug-likeness (QED) is 0.720. The lowest BCUT2D eigenvalue weighted by atomic mass is 9.98. The van der Waals surface area contributed by atoms with E-state index in [2.05, 4.69) is 0 Å². The number of likely N-dealkylation sites (N-methyl/N-ethyl adjacent to an activating group) is 1. The average molecular weight is 404 g/mol. The standard InChI is InChI=1S/C20H18ClNO4S/c1-22-17(20(23)15-7-3-5-9-19(15)27(22,24)25)12-13-10-11-18(26-13)14-6-2-4-8-16(14)21/h2-11,17,20,23H,12H2,1H3/t17-,20-/m0/s1. The molecule has 2 aromatic carbocycles. The van der Waals surface area contributed by atoms with Gasteiger partial charge in [-0.25, -0.2) is 8.42 Å². The summed E-state index contributed by atoms with van der Waals surface area (Å²) in [5.74, 6) is 1.18. The second kappa shape index (κ2) is 6.80.